The lowest BCUT2D eigenvalue weighted by atomic mass is 10.0. The van der Waals surface area contributed by atoms with Gasteiger partial charge in [0.2, 0.25) is 0 Å². The quantitative estimate of drug-likeness (QED) is 0.566. The Morgan fingerprint density at radius 3 is 2.28 bits per heavy atom. The van der Waals surface area contributed by atoms with Crippen LogP contribution >= 0.6 is 27.5 Å². The van der Waals surface area contributed by atoms with Gasteiger partial charge in [-0.05, 0) is 36.4 Å². The zero-order valence-corrected chi connectivity index (χ0v) is 15.3. The Kier molecular flexibility index (Phi) is 5.31. The second-order valence-corrected chi connectivity index (χ2v) is 6.70. The van der Waals surface area contributed by atoms with Gasteiger partial charge in [-0.3, -0.25) is 9.59 Å². The molecule has 0 saturated heterocycles. The number of carbonyl (C=O) groups excluding carboxylic acids is 2. The van der Waals surface area contributed by atoms with E-state index in [2.05, 4.69) is 21.2 Å². The van der Waals surface area contributed by atoms with E-state index in [0.29, 0.717) is 27.4 Å². The number of amides is 1. The maximum Gasteiger partial charge on any atom is 0.255 e. The van der Waals surface area contributed by atoms with Crippen LogP contribution in [0.2, 0.25) is 5.02 Å². The molecule has 1 N–H and O–H groups in total. The van der Waals surface area contributed by atoms with Crippen molar-refractivity contribution < 1.29 is 9.59 Å². The third kappa shape index (κ3) is 4.16. The van der Waals surface area contributed by atoms with Crippen molar-refractivity contribution in [3.8, 4) is 0 Å². The van der Waals surface area contributed by atoms with Gasteiger partial charge in [0.05, 0.1) is 5.69 Å². The van der Waals surface area contributed by atoms with E-state index in [4.69, 9.17) is 11.6 Å². The maximum atomic E-state index is 12.8. The molecule has 124 valence electrons. The van der Waals surface area contributed by atoms with Crippen molar-refractivity contribution in [2.24, 2.45) is 0 Å². The van der Waals surface area contributed by atoms with Crippen LogP contribution in [0.15, 0.2) is 77.3 Å². The summed E-state index contributed by atoms with van der Waals surface area (Å²) in [6, 6.07) is 20.7. The minimum Gasteiger partial charge on any atom is -0.321 e. The van der Waals surface area contributed by atoms with Crippen molar-refractivity contribution in [3.05, 3.63) is 99.0 Å². The minimum atomic E-state index is -0.327. The summed E-state index contributed by atoms with van der Waals surface area (Å²) >= 11 is 9.31. The molecule has 0 aliphatic rings. The van der Waals surface area contributed by atoms with Crippen molar-refractivity contribution in [1.82, 2.24) is 0 Å². The van der Waals surface area contributed by atoms with E-state index in [1.54, 1.807) is 66.7 Å². The van der Waals surface area contributed by atoms with E-state index >= 15 is 0 Å². The van der Waals surface area contributed by atoms with Crippen LogP contribution in [-0.2, 0) is 0 Å². The second kappa shape index (κ2) is 7.64. The Morgan fingerprint density at radius 2 is 1.56 bits per heavy atom. The van der Waals surface area contributed by atoms with Crippen LogP contribution < -0.4 is 5.32 Å². The average Bonchev–Trinajstić information content (AvgIpc) is 2.63. The molecule has 0 atom stereocenters. The van der Waals surface area contributed by atoms with Gasteiger partial charge in [0, 0.05) is 26.2 Å². The fourth-order valence-corrected chi connectivity index (χ4v) is 2.93. The van der Waals surface area contributed by atoms with Crippen molar-refractivity contribution in [1.29, 1.82) is 0 Å². The molecule has 0 spiro atoms. The monoisotopic (exact) mass is 413 g/mol. The van der Waals surface area contributed by atoms with E-state index < -0.39 is 0 Å². The minimum absolute atomic E-state index is 0.164. The molecule has 25 heavy (non-hydrogen) atoms. The molecular formula is C20H13BrClNO2. The summed E-state index contributed by atoms with van der Waals surface area (Å²) in [5, 5.41) is 3.27. The van der Waals surface area contributed by atoms with Gasteiger partial charge in [-0.1, -0.05) is 63.9 Å². The fraction of sp³-hybridized carbons (Fsp3) is 0. The van der Waals surface area contributed by atoms with Gasteiger partial charge in [-0.25, -0.2) is 0 Å². The third-order valence-electron chi connectivity index (χ3n) is 3.60. The first-order chi connectivity index (χ1) is 12.0. The Hall–Kier alpha value is -2.43. The predicted molar refractivity (Wildman–Crippen MR) is 103 cm³/mol. The molecule has 0 saturated carbocycles. The summed E-state index contributed by atoms with van der Waals surface area (Å²) in [4.78, 5) is 25.3. The molecule has 0 aromatic heterocycles. The number of halogens is 2. The molecule has 0 unspecified atom stereocenters. The summed E-state index contributed by atoms with van der Waals surface area (Å²) < 4.78 is 0.757. The normalized spacial score (nSPS) is 10.3. The van der Waals surface area contributed by atoms with Crippen molar-refractivity contribution in [2.45, 2.75) is 0 Å². The number of carbonyl (C=O) groups is 2. The zero-order chi connectivity index (χ0) is 17.8. The number of rotatable bonds is 4. The first kappa shape index (κ1) is 17.4. The van der Waals surface area contributed by atoms with Crippen LogP contribution in [0.25, 0.3) is 0 Å². The zero-order valence-electron chi connectivity index (χ0n) is 13.0. The van der Waals surface area contributed by atoms with Gasteiger partial charge in [0.15, 0.2) is 5.78 Å². The van der Waals surface area contributed by atoms with Crippen molar-refractivity contribution in [3.63, 3.8) is 0 Å². The van der Waals surface area contributed by atoms with Gasteiger partial charge >= 0.3 is 0 Å². The Bertz CT molecular complexity index is 941. The molecular weight excluding hydrogens is 402 g/mol. The van der Waals surface area contributed by atoms with Crippen molar-refractivity contribution in [2.75, 3.05) is 5.32 Å². The molecule has 0 radical (unpaired) electrons. The molecule has 3 aromatic rings. The molecule has 0 heterocycles. The molecule has 0 fully saturated rings. The predicted octanol–water partition coefficient (Wildman–Crippen LogP) is 5.59. The highest BCUT2D eigenvalue weighted by molar-refractivity contribution is 9.10. The highest BCUT2D eigenvalue weighted by Crippen LogP contribution is 2.25. The van der Waals surface area contributed by atoms with Crippen LogP contribution in [0, 0.1) is 0 Å². The summed E-state index contributed by atoms with van der Waals surface area (Å²) in [6.45, 7) is 0. The van der Waals surface area contributed by atoms with E-state index in [9.17, 15) is 9.59 Å². The highest BCUT2D eigenvalue weighted by atomic mass is 79.9. The van der Waals surface area contributed by atoms with E-state index in [0.717, 1.165) is 4.47 Å². The molecule has 0 aliphatic heterocycles. The molecule has 3 nitrogen and oxygen atoms in total. The first-order valence-corrected chi connectivity index (χ1v) is 8.68. The number of hydrogen-bond donors (Lipinski definition) is 1. The first-order valence-electron chi connectivity index (χ1n) is 7.51. The molecule has 3 rings (SSSR count). The standard InChI is InChI=1S/C20H13BrClNO2/c21-15-9-10-18(23-20(25)14-7-4-8-16(22)11-14)17(12-15)19(24)13-5-2-1-3-6-13/h1-12H,(H,23,25). The SMILES string of the molecule is O=C(Nc1ccc(Br)cc1C(=O)c1ccccc1)c1cccc(Cl)c1. The lowest BCUT2D eigenvalue weighted by Gasteiger charge is -2.11. The Labute approximate surface area is 158 Å². The van der Waals surface area contributed by atoms with Gasteiger partial charge in [-0.2, -0.15) is 0 Å². The topological polar surface area (TPSA) is 46.2 Å². The summed E-state index contributed by atoms with van der Waals surface area (Å²) in [5.74, 6) is -0.491. The lowest BCUT2D eigenvalue weighted by Crippen LogP contribution is -2.15. The van der Waals surface area contributed by atoms with Gasteiger partial charge in [0.1, 0.15) is 0 Å². The van der Waals surface area contributed by atoms with Gasteiger partial charge in [0.25, 0.3) is 5.91 Å². The number of hydrogen-bond acceptors (Lipinski definition) is 2. The van der Waals surface area contributed by atoms with Gasteiger partial charge in [-0.15, -0.1) is 0 Å². The molecule has 0 aliphatic carbocycles. The second-order valence-electron chi connectivity index (χ2n) is 5.35. The van der Waals surface area contributed by atoms with Crippen LogP contribution in [0.4, 0.5) is 5.69 Å². The number of benzene rings is 3. The van der Waals surface area contributed by atoms with E-state index in [1.165, 1.54) is 0 Å². The summed E-state index contributed by atoms with van der Waals surface area (Å²) in [6.07, 6.45) is 0. The number of ketones is 1. The Balaban J connectivity index is 1.94. The largest absolute Gasteiger partial charge is 0.321 e. The third-order valence-corrected chi connectivity index (χ3v) is 4.33. The van der Waals surface area contributed by atoms with Crippen LogP contribution in [0.1, 0.15) is 26.3 Å². The maximum absolute atomic E-state index is 12.8. The lowest BCUT2D eigenvalue weighted by molar-refractivity contribution is 0.102. The summed E-state index contributed by atoms with van der Waals surface area (Å²) in [5.41, 5.74) is 1.84. The number of anilines is 1. The molecule has 3 aromatic carbocycles. The van der Waals surface area contributed by atoms with Crippen LogP contribution in [-0.4, -0.2) is 11.7 Å². The van der Waals surface area contributed by atoms with E-state index in [1.807, 2.05) is 6.07 Å². The molecule has 1 amide bonds. The Morgan fingerprint density at radius 1 is 0.840 bits per heavy atom. The van der Waals surface area contributed by atoms with E-state index in [-0.39, 0.29) is 11.7 Å². The fourth-order valence-electron chi connectivity index (χ4n) is 2.38. The smallest absolute Gasteiger partial charge is 0.255 e. The van der Waals surface area contributed by atoms with Crippen LogP contribution in [0.5, 0.6) is 0 Å². The van der Waals surface area contributed by atoms with Crippen LogP contribution in [0.3, 0.4) is 0 Å². The molecule has 0 bridgehead atoms. The highest BCUT2D eigenvalue weighted by Gasteiger charge is 2.16. The van der Waals surface area contributed by atoms with Gasteiger partial charge < -0.3 is 5.32 Å². The van der Waals surface area contributed by atoms with Crippen molar-refractivity contribution >= 4 is 44.9 Å². The summed E-state index contributed by atoms with van der Waals surface area (Å²) in [7, 11) is 0. The number of nitrogens with one attached hydrogen (secondary N) is 1. The average molecular weight is 415 g/mol. The molecule has 5 heteroatoms.